The first kappa shape index (κ1) is 11.5. The molecule has 0 spiro atoms. The molecule has 0 radical (unpaired) electrons. The number of anilines is 1. The summed E-state index contributed by atoms with van der Waals surface area (Å²) >= 11 is 0. The Balaban J connectivity index is 2.33. The normalized spacial score (nSPS) is 11.1. The molecule has 2 aromatic heterocycles. The zero-order chi connectivity index (χ0) is 13.6. The minimum Gasteiger partial charge on any atom is -0.398 e. The third kappa shape index (κ3) is 1.79. The lowest BCUT2D eigenvalue weighted by atomic mass is 10.2. The lowest BCUT2D eigenvalue weighted by Gasteiger charge is -2.04. The molecular weight excluding hydrogens is 257 g/mol. The van der Waals surface area contributed by atoms with E-state index in [-0.39, 0.29) is 5.82 Å². The van der Waals surface area contributed by atoms with E-state index in [1.807, 2.05) is 0 Å². The number of fused-ring (bicyclic) bond motifs is 1. The van der Waals surface area contributed by atoms with E-state index < -0.39 is 23.0 Å². The number of hydrogen-bond acceptors (Lipinski definition) is 3. The van der Waals surface area contributed by atoms with Gasteiger partial charge in [-0.3, -0.25) is 4.40 Å². The van der Waals surface area contributed by atoms with Gasteiger partial charge >= 0.3 is 0 Å². The molecule has 1 aromatic carbocycles. The summed E-state index contributed by atoms with van der Waals surface area (Å²) < 4.78 is 41.6. The van der Waals surface area contributed by atoms with Crippen molar-refractivity contribution in [2.24, 2.45) is 0 Å². The quantitative estimate of drug-likeness (QED) is 0.734. The van der Waals surface area contributed by atoms with Crippen LogP contribution in [0.1, 0.15) is 0 Å². The highest BCUT2D eigenvalue weighted by Gasteiger charge is 2.18. The lowest BCUT2D eigenvalue weighted by molar-refractivity contribution is 0.546. The summed E-state index contributed by atoms with van der Waals surface area (Å²) in [5.74, 6) is -3.16. The fourth-order valence-corrected chi connectivity index (χ4v) is 1.83. The Labute approximate surface area is 105 Å². The molecule has 0 fully saturated rings. The Bertz CT molecular complexity index is 759. The molecule has 0 aliphatic carbocycles. The topological polar surface area (TPSA) is 56.2 Å². The molecule has 3 rings (SSSR count). The van der Waals surface area contributed by atoms with Crippen molar-refractivity contribution in [3.05, 3.63) is 47.9 Å². The van der Waals surface area contributed by atoms with Crippen LogP contribution in [0.5, 0.6) is 0 Å². The first-order valence-electron chi connectivity index (χ1n) is 5.31. The van der Waals surface area contributed by atoms with E-state index in [0.29, 0.717) is 23.5 Å². The smallest absolute Gasteiger partial charge is 0.174 e. The fourth-order valence-electron chi connectivity index (χ4n) is 1.83. The number of halogens is 3. The average molecular weight is 264 g/mol. The van der Waals surface area contributed by atoms with Gasteiger partial charge in [0.05, 0.1) is 5.56 Å². The molecule has 0 saturated carbocycles. The van der Waals surface area contributed by atoms with Crippen LogP contribution in [0.3, 0.4) is 0 Å². The number of aromatic nitrogens is 3. The molecule has 0 bridgehead atoms. The SMILES string of the molecule is Nc1ccc2nnc(-c3c(F)cc(F)cc3F)n2c1. The number of rotatable bonds is 1. The molecule has 0 unspecified atom stereocenters. The van der Waals surface area contributed by atoms with E-state index >= 15 is 0 Å². The highest BCUT2D eigenvalue weighted by molar-refractivity contribution is 5.62. The van der Waals surface area contributed by atoms with Crippen LogP contribution >= 0.6 is 0 Å². The van der Waals surface area contributed by atoms with Crippen LogP contribution in [0, 0.1) is 17.5 Å². The number of hydrogen-bond donors (Lipinski definition) is 1. The van der Waals surface area contributed by atoms with Crippen LogP contribution in [0.2, 0.25) is 0 Å². The maximum atomic E-state index is 13.7. The van der Waals surface area contributed by atoms with Gasteiger partial charge in [-0.15, -0.1) is 10.2 Å². The Hall–Kier alpha value is -2.57. The highest BCUT2D eigenvalue weighted by atomic mass is 19.1. The van der Waals surface area contributed by atoms with Crippen LogP contribution in [0.15, 0.2) is 30.5 Å². The van der Waals surface area contributed by atoms with Gasteiger partial charge in [0.2, 0.25) is 0 Å². The van der Waals surface area contributed by atoms with Crippen LogP contribution < -0.4 is 5.73 Å². The standard InChI is InChI=1S/C12H7F3N4/c13-6-3-8(14)11(9(15)4-6)12-18-17-10-2-1-7(16)5-19(10)12/h1-5H,16H2. The summed E-state index contributed by atoms with van der Waals surface area (Å²) in [6.07, 6.45) is 1.44. The van der Waals surface area contributed by atoms with Gasteiger partial charge in [-0.2, -0.15) is 0 Å². The second-order valence-corrected chi connectivity index (χ2v) is 3.96. The van der Waals surface area contributed by atoms with Crippen molar-refractivity contribution >= 4 is 11.3 Å². The van der Waals surface area contributed by atoms with Gasteiger partial charge in [-0.25, -0.2) is 13.2 Å². The first-order chi connectivity index (χ1) is 9.06. The molecule has 2 N–H and O–H groups in total. The van der Waals surface area contributed by atoms with Crippen LogP contribution in [0.25, 0.3) is 17.0 Å². The number of pyridine rings is 1. The molecule has 0 aliphatic heterocycles. The zero-order valence-corrected chi connectivity index (χ0v) is 9.44. The molecular formula is C12H7F3N4. The average Bonchev–Trinajstić information content (AvgIpc) is 2.71. The van der Waals surface area contributed by atoms with Crippen molar-refractivity contribution in [1.82, 2.24) is 14.6 Å². The zero-order valence-electron chi connectivity index (χ0n) is 9.44. The predicted molar refractivity (Wildman–Crippen MR) is 62.7 cm³/mol. The van der Waals surface area contributed by atoms with Gasteiger partial charge in [0.1, 0.15) is 17.5 Å². The van der Waals surface area contributed by atoms with E-state index in [4.69, 9.17) is 5.73 Å². The van der Waals surface area contributed by atoms with Crippen molar-refractivity contribution in [3.8, 4) is 11.4 Å². The summed E-state index contributed by atoms with van der Waals surface area (Å²) in [4.78, 5) is 0. The van der Waals surface area contributed by atoms with Crippen LogP contribution in [-0.4, -0.2) is 14.6 Å². The number of nitrogens with two attached hydrogens (primary N) is 1. The second-order valence-electron chi connectivity index (χ2n) is 3.96. The van der Waals surface area contributed by atoms with Gasteiger partial charge in [-0.1, -0.05) is 0 Å². The van der Waals surface area contributed by atoms with Gasteiger partial charge in [0.15, 0.2) is 11.5 Å². The van der Waals surface area contributed by atoms with Gasteiger partial charge in [-0.05, 0) is 12.1 Å². The maximum absolute atomic E-state index is 13.7. The summed E-state index contributed by atoms with van der Waals surface area (Å²) in [7, 11) is 0. The van der Waals surface area contributed by atoms with Gasteiger partial charge < -0.3 is 5.73 Å². The second kappa shape index (κ2) is 3.98. The molecule has 19 heavy (non-hydrogen) atoms. The largest absolute Gasteiger partial charge is 0.398 e. The highest BCUT2D eigenvalue weighted by Crippen LogP contribution is 2.26. The third-order valence-electron chi connectivity index (χ3n) is 2.66. The molecule has 7 heteroatoms. The summed E-state index contributed by atoms with van der Waals surface area (Å²) in [5, 5.41) is 7.48. The van der Waals surface area contributed by atoms with Crippen molar-refractivity contribution in [2.75, 3.05) is 5.73 Å². The van der Waals surface area contributed by atoms with Gasteiger partial charge in [0.25, 0.3) is 0 Å². The van der Waals surface area contributed by atoms with Crippen LogP contribution in [-0.2, 0) is 0 Å². The Morgan fingerprint density at radius 3 is 2.37 bits per heavy atom. The first-order valence-corrected chi connectivity index (χ1v) is 5.31. The summed E-state index contributed by atoms with van der Waals surface area (Å²) in [5.41, 5.74) is 5.93. The lowest BCUT2D eigenvalue weighted by Crippen LogP contribution is -1.98. The number of nitrogens with zero attached hydrogens (tertiary/aromatic N) is 3. The van der Waals surface area contributed by atoms with Crippen molar-refractivity contribution in [1.29, 1.82) is 0 Å². The maximum Gasteiger partial charge on any atom is 0.174 e. The minimum absolute atomic E-state index is 0.0719. The minimum atomic E-state index is -1.05. The molecule has 2 heterocycles. The fraction of sp³-hybridized carbons (Fsp3) is 0. The molecule has 0 amide bonds. The Kier molecular flexibility index (Phi) is 2.41. The monoisotopic (exact) mass is 264 g/mol. The van der Waals surface area contributed by atoms with E-state index in [2.05, 4.69) is 10.2 Å². The van der Waals surface area contributed by atoms with Gasteiger partial charge in [0, 0.05) is 24.0 Å². The molecule has 3 aromatic rings. The van der Waals surface area contributed by atoms with Crippen molar-refractivity contribution in [2.45, 2.75) is 0 Å². The van der Waals surface area contributed by atoms with Crippen molar-refractivity contribution < 1.29 is 13.2 Å². The van der Waals surface area contributed by atoms with E-state index in [0.717, 1.165) is 0 Å². The Morgan fingerprint density at radius 1 is 1.00 bits per heavy atom. The van der Waals surface area contributed by atoms with E-state index in [1.165, 1.54) is 10.6 Å². The van der Waals surface area contributed by atoms with E-state index in [1.54, 1.807) is 12.1 Å². The summed E-state index contributed by atoms with van der Waals surface area (Å²) in [6, 6.07) is 4.33. The van der Waals surface area contributed by atoms with Crippen molar-refractivity contribution in [3.63, 3.8) is 0 Å². The molecule has 0 saturated heterocycles. The Morgan fingerprint density at radius 2 is 1.68 bits per heavy atom. The van der Waals surface area contributed by atoms with Crippen LogP contribution in [0.4, 0.5) is 18.9 Å². The molecule has 0 atom stereocenters. The number of benzene rings is 1. The third-order valence-corrected chi connectivity index (χ3v) is 2.66. The number of nitrogen functional groups attached to an aromatic ring is 1. The molecule has 0 aliphatic rings. The molecule has 96 valence electrons. The predicted octanol–water partition coefficient (Wildman–Crippen LogP) is 2.40. The van der Waals surface area contributed by atoms with E-state index in [9.17, 15) is 13.2 Å². The summed E-state index contributed by atoms with van der Waals surface area (Å²) in [6.45, 7) is 0. The molecule has 4 nitrogen and oxygen atoms in total.